The fraction of sp³-hybridized carbons (Fsp3) is 0.714. The molecule has 86 valence electrons. The Balaban J connectivity index is -0.000000138. The second-order valence-electron chi connectivity index (χ2n) is 2.23. The molecular formula is C7H17NO5S. The molecule has 14 heavy (non-hydrogen) atoms. The number of carbonyl (C=O) groups is 1. The maximum absolute atomic E-state index is 9.47. The Bertz CT molecular complexity index is 241. The third-order valence-electron chi connectivity index (χ3n) is 0.640. The molecule has 0 saturated carbocycles. The molecule has 0 bridgehead atoms. The average Bonchev–Trinajstić information content (AvgIpc) is 2.06. The lowest BCUT2D eigenvalue weighted by Crippen LogP contribution is -2.12. The molecule has 0 rings (SSSR count). The van der Waals surface area contributed by atoms with Crippen LogP contribution in [0.1, 0.15) is 13.8 Å². The maximum atomic E-state index is 9.47. The Morgan fingerprint density at radius 1 is 1.29 bits per heavy atom. The molecule has 0 aromatic heterocycles. The van der Waals surface area contributed by atoms with E-state index in [-0.39, 0.29) is 0 Å². The molecule has 0 unspecified atom stereocenters. The van der Waals surface area contributed by atoms with Crippen molar-refractivity contribution in [2.24, 2.45) is 0 Å². The van der Waals surface area contributed by atoms with Crippen molar-refractivity contribution in [3.63, 3.8) is 0 Å². The van der Waals surface area contributed by atoms with E-state index in [9.17, 15) is 8.42 Å². The van der Waals surface area contributed by atoms with Crippen molar-refractivity contribution >= 4 is 22.6 Å². The van der Waals surface area contributed by atoms with Crippen molar-refractivity contribution in [2.45, 2.75) is 13.8 Å². The lowest BCUT2D eigenvalue weighted by molar-refractivity contribution is -0.634. The van der Waals surface area contributed by atoms with Crippen LogP contribution in [0.15, 0.2) is 0 Å². The van der Waals surface area contributed by atoms with Gasteiger partial charge in [-0.05, 0) is 6.92 Å². The summed E-state index contributed by atoms with van der Waals surface area (Å²) < 4.78 is 23.6. The Morgan fingerprint density at radius 3 is 1.43 bits per heavy atom. The third kappa shape index (κ3) is 65.9. The lowest BCUT2D eigenvalue weighted by Gasteiger charge is -1.97. The van der Waals surface area contributed by atoms with Crippen molar-refractivity contribution in [1.29, 1.82) is 0 Å². The van der Waals surface area contributed by atoms with Gasteiger partial charge in [-0.15, -0.1) is 0 Å². The summed E-state index contributed by atoms with van der Waals surface area (Å²) in [7, 11) is 0.282. The molecule has 0 aliphatic carbocycles. The van der Waals surface area contributed by atoms with Crippen LogP contribution in [0.5, 0.6) is 0 Å². The number of carbonyl (C=O) groups excluding carboxylic acids is 1. The van der Waals surface area contributed by atoms with Crippen LogP contribution in [0.25, 0.3) is 0 Å². The van der Waals surface area contributed by atoms with E-state index in [1.807, 2.05) is 31.8 Å². The van der Waals surface area contributed by atoms with E-state index in [1.54, 1.807) is 0 Å². The minimum absolute atomic E-state index is 0.681. The number of rotatable bonds is 1. The van der Waals surface area contributed by atoms with Crippen molar-refractivity contribution in [3.05, 3.63) is 0 Å². The summed E-state index contributed by atoms with van der Waals surface area (Å²) in [6.45, 7) is 3.44. The molecular weight excluding hydrogens is 210 g/mol. The first-order valence-electron chi connectivity index (χ1n) is 3.62. The molecule has 0 atom stereocenters. The van der Waals surface area contributed by atoms with Gasteiger partial charge in [-0.1, -0.05) is 0 Å². The fourth-order valence-electron chi connectivity index (χ4n) is 0. The predicted molar refractivity (Wildman–Crippen MR) is 51.5 cm³/mol. The summed E-state index contributed by atoms with van der Waals surface area (Å²) in [4.78, 5) is 8.81. The normalized spacial score (nSPS) is 8.43. The zero-order valence-corrected chi connectivity index (χ0v) is 9.87. The van der Waals surface area contributed by atoms with E-state index in [1.165, 1.54) is 6.92 Å². The van der Waals surface area contributed by atoms with Crippen LogP contribution in [-0.2, 0) is 19.2 Å². The van der Waals surface area contributed by atoms with E-state index in [4.69, 9.17) is 10.1 Å². The fourth-order valence-corrected chi connectivity index (χ4v) is 0. The smallest absolute Gasteiger partial charge is 0.255 e. The van der Waals surface area contributed by atoms with Gasteiger partial charge in [-0.3, -0.25) is 0 Å². The minimum Gasteiger partial charge on any atom is -0.707 e. The van der Waals surface area contributed by atoms with Crippen LogP contribution >= 0.6 is 0 Å². The molecule has 7 heteroatoms. The second-order valence-corrected chi connectivity index (χ2v) is 3.77. The van der Waals surface area contributed by atoms with Crippen molar-refractivity contribution in [3.8, 4) is 0 Å². The van der Waals surface area contributed by atoms with Gasteiger partial charge < -0.3 is 14.4 Å². The monoisotopic (exact) mass is 227 g/mol. The number of nitrogens with zero attached hydrogens (tertiary/aromatic N) is 1. The molecule has 0 N–H and O–H groups in total. The lowest BCUT2D eigenvalue weighted by atomic mass is 10.8. The predicted octanol–water partition coefficient (Wildman–Crippen LogP) is -1.21. The summed E-state index contributed by atoms with van der Waals surface area (Å²) in [5.74, 6) is 0. The zero-order chi connectivity index (χ0) is 12.2. The van der Waals surface area contributed by atoms with Crippen LogP contribution in [0, 0.1) is 0 Å². The first kappa shape index (κ1) is 18.9. The topological polar surface area (TPSA) is 86.5 Å². The van der Waals surface area contributed by atoms with E-state index in [2.05, 4.69) is 4.33 Å². The quantitative estimate of drug-likeness (QED) is 0.184. The minimum atomic E-state index is -3.72. The highest BCUT2D eigenvalue weighted by molar-refractivity contribution is 7.85. The van der Waals surface area contributed by atoms with Gasteiger partial charge in [0.2, 0.25) is 0 Å². The molecule has 0 aliphatic rings. The summed E-state index contributed by atoms with van der Waals surface area (Å²) in [6.07, 6.45) is 3.43. The Labute approximate surface area is 84.9 Å². The van der Waals surface area contributed by atoms with Gasteiger partial charge >= 0.3 is 0 Å². The summed E-state index contributed by atoms with van der Waals surface area (Å²) >= 11 is 0. The molecule has 0 saturated heterocycles. The Kier molecular flexibility index (Phi) is 16.5. The molecule has 0 aromatic rings. The van der Waals surface area contributed by atoms with Crippen molar-refractivity contribution in [1.82, 2.24) is 0 Å². The van der Waals surface area contributed by atoms with Gasteiger partial charge in [-0.2, -0.15) is 0 Å². The highest BCUT2D eigenvalue weighted by atomic mass is 32.2. The van der Waals surface area contributed by atoms with E-state index in [0.717, 1.165) is 6.29 Å². The van der Waals surface area contributed by atoms with Gasteiger partial charge in [0.1, 0.15) is 26.6 Å². The summed E-state index contributed by atoms with van der Waals surface area (Å²) in [5, 5.41) is 8.86. The first-order valence-corrected chi connectivity index (χ1v) is 5.43. The molecule has 6 nitrogen and oxygen atoms in total. The molecule has 0 aliphatic heterocycles. The van der Waals surface area contributed by atoms with E-state index < -0.39 is 10.1 Å². The van der Waals surface area contributed by atoms with Crippen LogP contribution in [0.4, 0.5) is 0 Å². The molecule has 0 heterocycles. The summed E-state index contributed by atoms with van der Waals surface area (Å²) in [5.41, 5.74) is 0. The second kappa shape index (κ2) is 12.2. The molecule has 0 fully saturated rings. The average molecular weight is 227 g/mol. The van der Waals surface area contributed by atoms with Crippen molar-refractivity contribution in [2.75, 3.05) is 20.4 Å². The highest BCUT2D eigenvalue weighted by Gasteiger charge is 1.86. The highest BCUT2D eigenvalue weighted by Crippen LogP contribution is 1.71. The van der Waals surface area contributed by atoms with Crippen molar-refractivity contribution < 1.29 is 27.4 Å². The standard InChI is InChI=1S/C4H10N.C2H4O.CH4O4S/c1-4-5(2)3;1-2-3;1-6(3,4)5-2/h4H,1-3H3;2H,1H3;2H,1H3/q+1;;/p-1. The van der Waals surface area contributed by atoms with Crippen LogP contribution < -0.4 is 5.26 Å². The van der Waals surface area contributed by atoms with Gasteiger partial charge in [0, 0.05) is 6.92 Å². The van der Waals surface area contributed by atoms with Crippen LogP contribution in [0.2, 0.25) is 0 Å². The van der Waals surface area contributed by atoms with Crippen LogP contribution in [-0.4, -0.2) is 45.8 Å². The number of hydrogen-bond acceptors (Lipinski definition) is 5. The largest absolute Gasteiger partial charge is 0.707 e. The van der Waals surface area contributed by atoms with Gasteiger partial charge in [0.15, 0.2) is 0 Å². The van der Waals surface area contributed by atoms with Crippen LogP contribution in [0.3, 0.4) is 0 Å². The number of aldehydes is 1. The first-order chi connectivity index (χ1) is 6.24. The SMILES string of the molecule is CC=O.CC=[N+](C)C.CS(=O)(=O)O[O-]. The van der Waals surface area contributed by atoms with Gasteiger partial charge in [0.05, 0.1) is 6.26 Å². The Morgan fingerprint density at radius 2 is 1.43 bits per heavy atom. The Hall–Kier alpha value is -0.790. The van der Waals surface area contributed by atoms with E-state index >= 15 is 0 Å². The molecule has 0 amide bonds. The molecule has 0 radical (unpaired) electrons. The third-order valence-corrected chi connectivity index (χ3v) is 0.887. The molecule has 0 aromatic carbocycles. The number of hydrogen-bond donors (Lipinski definition) is 0. The summed E-state index contributed by atoms with van der Waals surface area (Å²) in [6, 6.07) is 0. The van der Waals surface area contributed by atoms with Gasteiger partial charge in [-0.25, -0.2) is 13.0 Å². The van der Waals surface area contributed by atoms with Gasteiger partial charge in [0.25, 0.3) is 10.1 Å². The maximum Gasteiger partial charge on any atom is 0.255 e. The van der Waals surface area contributed by atoms with E-state index in [0.29, 0.717) is 6.26 Å². The molecule has 0 spiro atoms. The zero-order valence-electron chi connectivity index (χ0n) is 9.05.